The molecule has 0 N–H and O–H groups in total. The van der Waals surface area contributed by atoms with Crippen molar-refractivity contribution in [3.63, 3.8) is 0 Å². The minimum atomic E-state index is -0.519. The molecule has 25 heavy (non-hydrogen) atoms. The summed E-state index contributed by atoms with van der Waals surface area (Å²) in [6.07, 6.45) is 1.18. The fourth-order valence-corrected chi connectivity index (χ4v) is 2.91. The standard InChI is InChI=1S/C19H16ClNO4/c1-2-12-11-15(7-8-16(12)20)25-19(24)13-3-5-14(6-4-13)21-17(22)9-10-18(21)23/h3-8,11H,2,9-10H2,1H3. The van der Waals surface area contributed by atoms with E-state index in [0.717, 1.165) is 16.9 Å². The van der Waals surface area contributed by atoms with Crippen LogP contribution in [0.3, 0.4) is 0 Å². The molecule has 2 aromatic rings. The number of amides is 2. The van der Waals surface area contributed by atoms with Gasteiger partial charge in [-0.15, -0.1) is 0 Å². The highest BCUT2D eigenvalue weighted by molar-refractivity contribution is 6.31. The van der Waals surface area contributed by atoms with Gasteiger partial charge >= 0.3 is 5.97 Å². The molecule has 5 nitrogen and oxygen atoms in total. The lowest BCUT2D eigenvalue weighted by Gasteiger charge is -2.14. The van der Waals surface area contributed by atoms with E-state index in [9.17, 15) is 14.4 Å². The van der Waals surface area contributed by atoms with Crippen molar-refractivity contribution in [2.75, 3.05) is 4.90 Å². The van der Waals surface area contributed by atoms with E-state index in [-0.39, 0.29) is 24.7 Å². The summed E-state index contributed by atoms with van der Waals surface area (Å²) >= 11 is 6.05. The number of hydrogen-bond acceptors (Lipinski definition) is 4. The molecule has 1 fully saturated rings. The number of hydrogen-bond donors (Lipinski definition) is 0. The average molecular weight is 358 g/mol. The van der Waals surface area contributed by atoms with Gasteiger partial charge in [-0.2, -0.15) is 0 Å². The van der Waals surface area contributed by atoms with E-state index in [0.29, 0.717) is 22.0 Å². The molecule has 128 valence electrons. The maximum Gasteiger partial charge on any atom is 0.343 e. The summed E-state index contributed by atoms with van der Waals surface area (Å²) in [5.41, 5.74) is 1.69. The van der Waals surface area contributed by atoms with Crippen LogP contribution in [0.5, 0.6) is 5.75 Å². The highest BCUT2D eigenvalue weighted by atomic mass is 35.5. The van der Waals surface area contributed by atoms with Gasteiger partial charge in [0, 0.05) is 17.9 Å². The number of imide groups is 1. The molecule has 6 heteroatoms. The van der Waals surface area contributed by atoms with Crippen molar-refractivity contribution in [3.8, 4) is 5.75 Å². The van der Waals surface area contributed by atoms with Gasteiger partial charge in [0.25, 0.3) is 0 Å². The number of nitrogens with zero attached hydrogens (tertiary/aromatic N) is 1. The number of carbonyl (C=O) groups excluding carboxylic acids is 3. The molecule has 0 unspecified atom stereocenters. The molecule has 0 radical (unpaired) electrons. The van der Waals surface area contributed by atoms with Gasteiger partial charge in [-0.25, -0.2) is 4.79 Å². The quantitative estimate of drug-likeness (QED) is 0.474. The number of halogens is 1. The van der Waals surface area contributed by atoms with Crippen LogP contribution in [-0.2, 0) is 16.0 Å². The number of benzene rings is 2. The molecule has 3 rings (SSSR count). The summed E-state index contributed by atoms with van der Waals surface area (Å²) in [4.78, 5) is 36.9. The second-order valence-electron chi connectivity index (χ2n) is 5.67. The molecule has 0 aromatic heterocycles. The predicted molar refractivity (Wildman–Crippen MR) is 94.0 cm³/mol. The Kier molecular flexibility index (Phi) is 4.86. The first-order valence-corrected chi connectivity index (χ1v) is 8.34. The number of carbonyl (C=O) groups is 3. The van der Waals surface area contributed by atoms with Crippen molar-refractivity contribution in [1.82, 2.24) is 0 Å². The van der Waals surface area contributed by atoms with Gasteiger partial charge < -0.3 is 4.74 Å². The SMILES string of the molecule is CCc1cc(OC(=O)c2ccc(N3C(=O)CCC3=O)cc2)ccc1Cl. The first kappa shape index (κ1) is 17.2. The maximum atomic E-state index is 12.3. The van der Waals surface area contributed by atoms with Gasteiger partial charge in [0.1, 0.15) is 5.75 Å². The molecule has 0 saturated carbocycles. The summed E-state index contributed by atoms with van der Waals surface area (Å²) in [5.74, 6) is -0.558. The molecular formula is C19H16ClNO4. The number of rotatable bonds is 4. The third-order valence-electron chi connectivity index (χ3n) is 4.02. The Hall–Kier alpha value is -2.66. The van der Waals surface area contributed by atoms with Crippen LogP contribution >= 0.6 is 11.6 Å². The molecule has 2 aromatic carbocycles. The summed E-state index contributed by atoms with van der Waals surface area (Å²) in [5, 5.41) is 0.631. The van der Waals surface area contributed by atoms with Crippen LogP contribution in [0.25, 0.3) is 0 Å². The van der Waals surface area contributed by atoms with E-state index in [1.807, 2.05) is 6.92 Å². The molecule has 0 bridgehead atoms. The van der Waals surface area contributed by atoms with E-state index < -0.39 is 5.97 Å². The van der Waals surface area contributed by atoms with Crippen LogP contribution in [0.1, 0.15) is 35.7 Å². The summed E-state index contributed by atoms with van der Waals surface area (Å²) in [7, 11) is 0. The van der Waals surface area contributed by atoms with Crippen LogP contribution in [0.2, 0.25) is 5.02 Å². The Morgan fingerprint density at radius 1 is 1.08 bits per heavy atom. The van der Waals surface area contributed by atoms with Gasteiger partial charge in [-0.1, -0.05) is 18.5 Å². The Labute approximate surface area is 150 Å². The molecule has 0 spiro atoms. The minimum Gasteiger partial charge on any atom is -0.423 e. The van der Waals surface area contributed by atoms with Crippen molar-refractivity contribution in [2.24, 2.45) is 0 Å². The van der Waals surface area contributed by atoms with E-state index in [4.69, 9.17) is 16.3 Å². The second kappa shape index (κ2) is 7.07. The molecule has 1 saturated heterocycles. The predicted octanol–water partition coefficient (Wildman–Crippen LogP) is 3.78. The third kappa shape index (κ3) is 3.56. The van der Waals surface area contributed by atoms with Crippen LogP contribution in [-0.4, -0.2) is 17.8 Å². The zero-order chi connectivity index (χ0) is 18.0. The van der Waals surface area contributed by atoms with Crippen molar-refractivity contribution >= 4 is 35.1 Å². The highest BCUT2D eigenvalue weighted by Gasteiger charge is 2.30. The maximum absolute atomic E-state index is 12.3. The van der Waals surface area contributed by atoms with E-state index >= 15 is 0 Å². The molecule has 1 heterocycles. The fraction of sp³-hybridized carbons (Fsp3) is 0.211. The molecule has 1 aliphatic heterocycles. The summed E-state index contributed by atoms with van der Waals surface area (Å²) < 4.78 is 5.36. The Morgan fingerprint density at radius 2 is 1.72 bits per heavy atom. The van der Waals surface area contributed by atoms with Crippen LogP contribution in [0.15, 0.2) is 42.5 Å². The topological polar surface area (TPSA) is 63.7 Å². The number of ether oxygens (including phenoxy) is 1. The van der Waals surface area contributed by atoms with E-state index in [1.165, 1.54) is 12.1 Å². The lowest BCUT2D eigenvalue weighted by Crippen LogP contribution is -2.28. The first-order chi connectivity index (χ1) is 12.0. The normalized spacial score (nSPS) is 14.1. The largest absolute Gasteiger partial charge is 0.423 e. The van der Waals surface area contributed by atoms with Gasteiger partial charge in [-0.3, -0.25) is 14.5 Å². The van der Waals surface area contributed by atoms with Gasteiger partial charge in [0.05, 0.1) is 11.3 Å². The molecular weight excluding hydrogens is 342 g/mol. The second-order valence-corrected chi connectivity index (χ2v) is 6.07. The van der Waals surface area contributed by atoms with Gasteiger partial charge in [-0.05, 0) is 54.4 Å². The monoisotopic (exact) mass is 357 g/mol. The Bertz CT molecular complexity index is 829. The van der Waals surface area contributed by atoms with E-state index in [1.54, 1.807) is 30.3 Å². The van der Waals surface area contributed by atoms with Crippen molar-refractivity contribution in [1.29, 1.82) is 0 Å². The molecule has 0 aliphatic carbocycles. The van der Waals surface area contributed by atoms with Crippen LogP contribution in [0, 0.1) is 0 Å². The molecule has 1 aliphatic rings. The van der Waals surface area contributed by atoms with Crippen molar-refractivity contribution in [3.05, 3.63) is 58.6 Å². The molecule has 0 atom stereocenters. The lowest BCUT2D eigenvalue weighted by molar-refractivity contribution is -0.121. The summed E-state index contributed by atoms with van der Waals surface area (Å²) in [6, 6.07) is 11.3. The van der Waals surface area contributed by atoms with Gasteiger partial charge in [0.15, 0.2) is 0 Å². The number of anilines is 1. The Morgan fingerprint density at radius 3 is 2.32 bits per heavy atom. The van der Waals surface area contributed by atoms with E-state index in [2.05, 4.69) is 0 Å². The van der Waals surface area contributed by atoms with Crippen molar-refractivity contribution in [2.45, 2.75) is 26.2 Å². The first-order valence-electron chi connectivity index (χ1n) is 7.96. The highest BCUT2D eigenvalue weighted by Crippen LogP contribution is 2.25. The smallest absolute Gasteiger partial charge is 0.343 e. The van der Waals surface area contributed by atoms with Crippen molar-refractivity contribution < 1.29 is 19.1 Å². The van der Waals surface area contributed by atoms with Crippen LogP contribution < -0.4 is 9.64 Å². The van der Waals surface area contributed by atoms with Gasteiger partial charge in [0.2, 0.25) is 11.8 Å². The third-order valence-corrected chi connectivity index (χ3v) is 4.39. The Balaban J connectivity index is 1.75. The number of aryl methyl sites for hydroxylation is 1. The molecule has 2 amide bonds. The number of esters is 1. The lowest BCUT2D eigenvalue weighted by atomic mass is 10.1. The van der Waals surface area contributed by atoms with Crippen LogP contribution in [0.4, 0.5) is 5.69 Å². The summed E-state index contributed by atoms with van der Waals surface area (Å²) in [6.45, 7) is 1.96. The zero-order valence-electron chi connectivity index (χ0n) is 13.6. The average Bonchev–Trinajstić information content (AvgIpc) is 2.95. The zero-order valence-corrected chi connectivity index (χ0v) is 14.4. The fourth-order valence-electron chi connectivity index (χ4n) is 2.66. The minimum absolute atomic E-state index is 0.221.